The van der Waals surface area contributed by atoms with E-state index in [0.29, 0.717) is 0 Å². The molecule has 2 N–H and O–H groups in total. The van der Waals surface area contributed by atoms with Crippen molar-refractivity contribution in [3.63, 3.8) is 0 Å². The Morgan fingerprint density at radius 1 is 0.542 bits per heavy atom. The zero-order chi connectivity index (χ0) is 16.3. The molecule has 4 aromatic carbocycles. The first-order valence-electron chi connectivity index (χ1n) is 8.15. The van der Waals surface area contributed by atoms with Crippen LogP contribution in [0, 0.1) is 0 Å². The van der Waals surface area contributed by atoms with E-state index in [1.54, 1.807) is 0 Å². The van der Waals surface area contributed by atoms with Crippen LogP contribution in [-0.2, 0) is 0 Å². The number of benzene rings is 4. The second-order valence-electron chi connectivity index (χ2n) is 6.42. The average molecular weight is 312 g/mol. The zero-order valence-corrected chi connectivity index (χ0v) is 13.0. The fraction of sp³-hybridized carbons (Fsp3) is 0.0909. The number of aliphatic hydroxyl groups is 2. The highest BCUT2D eigenvalue weighted by Crippen LogP contribution is 2.46. The lowest BCUT2D eigenvalue weighted by Gasteiger charge is -2.29. The zero-order valence-electron chi connectivity index (χ0n) is 13.0. The van der Waals surface area contributed by atoms with E-state index in [1.165, 1.54) is 10.8 Å². The maximum Gasteiger partial charge on any atom is 0.110 e. The maximum atomic E-state index is 10.7. The second-order valence-corrected chi connectivity index (χ2v) is 6.42. The van der Waals surface area contributed by atoms with Gasteiger partial charge >= 0.3 is 0 Å². The normalized spacial score (nSPS) is 19.2. The molecule has 0 saturated heterocycles. The Hall–Kier alpha value is -2.68. The van der Waals surface area contributed by atoms with Crippen LogP contribution in [0.2, 0.25) is 0 Å². The Balaban J connectivity index is 1.90. The summed E-state index contributed by atoms with van der Waals surface area (Å²) in [4.78, 5) is 0. The van der Waals surface area contributed by atoms with Gasteiger partial charge in [-0.25, -0.2) is 0 Å². The largest absolute Gasteiger partial charge is 0.385 e. The summed E-state index contributed by atoms with van der Waals surface area (Å²) < 4.78 is 0. The topological polar surface area (TPSA) is 40.5 Å². The second kappa shape index (κ2) is 4.91. The molecule has 0 spiro atoms. The fourth-order valence-corrected chi connectivity index (χ4v) is 3.89. The third-order valence-corrected chi connectivity index (χ3v) is 5.10. The molecule has 0 aromatic heterocycles. The van der Waals surface area contributed by atoms with Gasteiger partial charge in [0.05, 0.1) is 0 Å². The van der Waals surface area contributed by atoms with Gasteiger partial charge in [0, 0.05) is 0 Å². The molecule has 0 radical (unpaired) electrons. The van der Waals surface area contributed by atoms with Crippen LogP contribution < -0.4 is 0 Å². The van der Waals surface area contributed by atoms with Gasteiger partial charge in [0.15, 0.2) is 0 Å². The molecule has 1 aliphatic carbocycles. The van der Waals surface area contributed by atoms with Crippen molar-refractivity contribution in [1.82, 2.24) is 0 Å². The Labute approximate surface area is 139 Å². The first-order chi connectivity index (χ1) is 11.7. The molecule has 4 aromatic rings. The molecular formula is C22H16O2. The Kier molecular flexibility index (Phi) is 2.81. The molecule has 1 aliphatic rings. The number of aliphatic hydroxyl groups excluding tert-OH is 2. The predicted molar refractivity (Wildman–Crippen MR) is 96.8 cm³/mol. The molecule has 0 bridgehead atoms. The molecule has 0 fully saturated rings. The summed E-state index contributed by atoms with van der Waals surface area (Å²) in [7, 11) is 0. The first-order valence-corrected chi connectivity index (χ1v) is 8.15. The Bertz CT molecular complexity index is 1100. The minimum Gasteiger partial charge on any atom is -0.385 e. The highest BCUT2D eigenvalue weighted by atomic mass is 16.3. The minimum atomic E-state index is -0.904. The number of rotatable bonds is 0. The lowest BCUT2D eigenvalue weighted by molar-refractivity contribution is 0.0159. The van der Waals surface area contributed by atoms with Crippen LogP contribution >= 0.6 is 0 Å². The number of fused-ring (bicyclic) bond motifs is 6. The fourth-order valence-electron chi connectivity index (χ4n) is 3.89. The predicted octanol–water partition coefficient (Wildman–Crippen LogP) is 4.74. The van der Waals surface area contributed by atoms with Crippen molar-refractivity contribution >= 4 is 21.5 Å². The van der Waals surface area contributed by atoms with E-state index in [4.69, 9.17) is 0 Å². The van der Waals surface area contributed by atoms with Crippen molar-refractivity contribution in [3.8, 4) is 11.1 Å². The lowest BCUT2D eigenvalue weighted by atomic mass is 9.80. The SMILES string of the molecule is O[C@H]1c2ccccc2-c2cc3ccc4ccccc4c3cc2[C@@H]1O. The number of hydrogen-bond donors (Lipinski definition) is 2. The van der Waals surface area contributed by atoms with Crippen molar-refractivity contribution < 1.29 is 10.2 Å². The standard InChI is InChI=1S/C22H16O2/c23-21-17-8-4-3-7-16(17)19-11-14-10-9-13-5-1-2-6-15(13)18(14)12-20(19)22(21)24/h1-12,21-24H/t21-,22-/m0/s1. The average Bonchev–Trinajstić information content (AvgIpc) is 2.65. The maximum absolute atomic E-state index is 10.7. The molecule has 0 aliphatic heterocycles. The van der Waals surface area contributed by atoms with Gasteiger partial charge < -0.3 is 10.2 Å². The third kappa shape index (κ3) is 1.78. The number of hydrogen-bond acceptors (Lipinski definition) is 2. The van der Waals surface area contributed by atoms with Gasteiger partial charge in [-0.3, -0.25) is 0 Å². The van der Waals surface area contributed by atoms with Crippen molar-refractivity contribution in [1.29, 1.82) is 0 Å². The summed E-state index contributed by atoms with van der Waals surface area (Å²) >= 11 is 0. The monoisotopic (exact) mass is 312 g/mol. The Morgan fingerprint density at radius 3 is 2.17 bits per heavy atom. The summed E-state index contributed by atoms with van der Waals surface area (Å²) in [6.45, 7) is 0. The van der Waals surface area contributed by atoms with Crippen molar-refractivity contribution in [2.24, 2.45) is 0 Å². The van der Waals surface area contributed by atoms with Crippen LogP contribution in [0.1, 0.15) is 23.3 Å². The van der Waals surface area contributed by atoms with Crippen LogP contribution in [0.25, 0.3) is 32.7 Å². The lowest BCUT2D eigenvalue weighted by Crippen LogP contribution is -2.17. The molecular weight excluding hydrogens is 296 g/mol. The van der Waals surface area contributed by atoms with E-state index in [-0.39, 0.29) is 0 Å². The van der Waals surface area contributed by atoms with Gasteiger partial charge in [-0.15, -0.1) is 0 Å². The molecule has 24 heavy (non-hydrogen) atoms. The van der Waals surface area contributed by atoms with E-state index in [0.717, 1.165) is 33.0 Å². The van der Waals surface area contributed by atoms with Crippen LogP contribution in [0.5, 0.6) is 0 Å². The summed E-state index contributed by atoms with van der Waals surface area (Å²) in [6, 6.07) is 24.4. The van der Waals surface area contributed by atoms with Gasteiger partial charge in [-0.1, -0.05) is 60.7 Å². The van der Waals surface area contributed by atoms with Gasteiger partial charge in [-0.05, 0) is 55.9 Å². The third-order valence-electron chi connectivity index (χ3n) is 5.10. The summed E-state index contributed by atoms with van der Waals surface area (Å²) in [5.41, 5.74) is 3.59. The summed E-state index contributed by atoms with van der Waals surface area (Å²) in [5, 5.41) is 25.8. The van der Waals surface area contributed by atoms with Crippen LogP contribution in [0.4, 0.5) is 0 Å². The summed E-state index contributed by atoms with van der Waals surface area (Å²) in [6.07, 6.45) is -1.79. The van der Waals surface area contributed by atoms with Gasteiger partial charge in [0.2, 0.25) is 0 Å². The van der Waals surface area contributed by atoms with Crippen molar-refractivity contribution in [3.05, 3.63) is 83.9 Å². The first kappa shape index (κ1) is 13.7. The van der Waals surface area contributed by atoms with Crippen LogP contribution in [-0.4, -0.2) is 10.2 Å². The van der Waals surface area contributed by atoms with E-state index in [2.05, 4.69) is 30.3 Å². The molecule has 2 atom stereocenters. The van der Waals surface area contributed by atoms with E-state index in [1.807, 2.05) is 42.5 Å². The molecule has 0 amide bonds. The molecule has 2 heteroatoms. The molecule has 2 nitrogen and oxygen atoms in total. The minimum absolute atomic E-state index is 0.789. The van der Waals surface area contributed by atoms with Crippen molar-refractivity contribution in [2.45, 2.75) is 12.2 Å². The molecule has 0 unspecified atom stereocenters. The van der Waals surface area contributed by atoms with E-state index >= 15 is 0 Å². The summed E-state index contributed by atoms with van der Waals surface area (Å²) in [5.74, 6) is 0. The molecule has 0 saturated carbocycles. The van der Waals surface area contributed by atoms with E-state index in [9.17, 15) is 10.2 Å². The highest BCUT2D eigenvalue weighted by Gasteiger charge is 2.31. The van der Waals surface area contributed by atoms with Crippen LogP contribution in [0.3, 0.4) is 0 Å². The smallest absolute Gasteiger partial charge is 0.110 e. The van der Waals surface area contributed by atoms with Gasteiger partial charge in [0.1, 0.15) is 12.2 Å². The van der Waals surface area contributed by atoms with E-state index < -0.39 is 12.2 Å². The van der Waals surface area contributed by atoms with Crippen molar-refractivity contribution in [2.75, 3.05) is 0 Å². The van der Waals surface area contributed by atoms with Gasteiger partial charge in [0.25, 0.3) is 0 Å². The molecule has 116 valence electrons. The van der Waals surface area contributed by atoms with Crippen LogP contribution in [0.15, 0.2) is 72.8 Å². The molecule has 5 rings (SSSR count). The molecule has 0 heterocycles. The van der Waals surface area contributed by atoms with Gasteiger partial charge in [-0.2, -0.15) is 0 Å². The highest BCUT2D eigenvalue weighted by molar-refractivity contribution is 6.09. The Morgan fingerprint density at radius 2 is 1.25 bits per heavy atom. The quantitative estimate of drug-likeness (QED) is 0.460.